The molecule has 1 aliphatic rings. The lowest BCUT2D eigenvalue weighted by Crippen LogP contribution is -2.47. The molecule has 2 rings (SSSR count). The number of hydrogen-bond acceptors (Lipinski definition) is 4. The Hall–Kier alpha value is -1.59. The molecular formula is C13H19N3O2. The normalized spacial score (nSPS) is 18.4. The topological polar surface area (TPSA) is 64.6 Å². The maximum absolute atomic E-state index is 12.0. The first-order chi connectivity index (χ1) is 8.65. The van der Waals surface area contributed by atoms with Crippen molar-refractivity contribution >= 4 is 17.3 Å². The van der Waals surface area contributed by atoms with Gasteiger partial charge in [0.1, 0.15) is 0 Å². The Kier molecular flexibility index (Phi) is 3.84. The van der Waals surface area contributed by atoms with Crippen molar-refractivity contribution in [2.75, 3.05) is 37.9 Å². The van der Waals surface area contributed by atoms with Gasteiger partial charge in [0.25, 0.3) is 0 Å². The third-order valence-electron chi connectivity index (χ3n) is 3.36. The largest absolute Gasteiger partial charge is 0.395 e. The third-order valence-corrected chi connectivity index (χ3v) is 3.36. The first kappa shape index (κ1) is 12.9. The lowest BCUT2D eigenvalue weighted by molar-refractivity contribution is -0.121. The molecule has 3 N–H and O–H groups in total. The van der Waals surface area contributed by atoms with E-state index in [-0.39, 0.29) is 18.6 Å². The highest BCUT2D eigenvalue weighted by atomic mass is 16.3. The molecule has 1 atom stereocenters. The van der Waals surface area contributed by atoms with Crippen molar-refractivity contribution in [1.82, 2.24) is 4.90 Å². The Labute approximate surface area is 107 Å². The van der Waals surface area contributed by atoms with Crippen LogP contribution in [0.1, 0.15) is 5.56 Å². The Bertz CT molecular complexity index is 448. The van der Waals surface area contributed by atoms with Gasteiger partial charge >= 0.3 is 0 Å². The van der Waals surface area contributed by atoms with Crippen LogP contribution in [0.25, 0.3) is 0 Å². The van der Waals surface area contributed by atoms with Gasteiger partial charge < -0.3 is 15.7 Å². The number of rotatable bonds is 4. The van der Waals surface area contributed by atoms with Crippen molar-refractivity contribution < 1.29 is 9.90 Å². The second-order valence-electron chi connectivity index (χ2n) is 4.54. The monoisotopic (exact) mass is 249 g/mol. The molecule has 5 heteroatoms. The average Bonchev–Trinajstić information content (AvgIpc) is 2.37. The molecule has 0 fully saturated rings. The fraction of sp³-hybridized carbons (Fsp3) is 0.462. The number of aliphatic hydroxyl groups excluding tert-OH is 1. The predicted octanol–water partition coefficient (Wildman–Crippen LogP) is 0.516. The number of aliphatic hydroxyl groups is 1. The summed E-state index contributed by atoms with van der Waals surface area (Å²) >= 11 is 0. The van der Waals surface area contributed by atoms with E-state index in [0.29, 0.717) is 13.0 Å². The maximum Gasteiger partial charge on any atom is 0.242 e. The van der Waals surface area contributed by atoms with Crippen molar-refractivity contribution in [1.29, 1.82) is 0 Å². The van der Waals surface area contributed by atoms with Gasteiger partial charge in [0, 0.05) is 25.0 Å². The molecule has 5 nitrogen and oxygen atoms in total. The van der Waals surface area contributed by atoms with E-state index in [1.165, 1.54) is 0 Å². The van der Waals surface area contributed by atoms with Crippen LogP contribution in [0.3, 0.4) is 0 Å². The summed E-state index contributed by atoms with van der Waals surface area (Å²) in [7, 11) is 3.71. The molecule has 1 aliphatic heterocycles. The number of carbonyl (C=O) groups excluding carboxylic acids is 1. The summed E-state index contributed by atoms with van der Waals surface area (Å²) in [5.74, 6) is -0.00768. The third kappa shape index (κ3) is 2.47. The molecule has 0 bridgehead atoms. The zero-order chi connectivity index (χ0) is 13.1. The Morgan fingerprint density at radius 2 is 2.33 bits per heavy atom. The van der Waals surface area contributed by atoms with Gasteiger partial charge in [-0.05, 0) is 31.2 Å². The van der Waals surface area contributed by atoms with Crippen LogP contribution in [0.5, 0.6) is 0 Å². The van der Waals surface area contributed by atoms with Crippen molar-refractivity contribution in [3.63, 3.8) is 0 Å². The van der Waals surface area contributed by atoms with E-state index in [1.807, 2.05) is 37.2 Å². The summed E-state index contributed by atoms with van der Waals surface area (Å²) in [5.41, 5.74) is 2.99. The number of anilines is 2. The van der Waals surface area contributed by atoms with Crippen LogP contribution in [-0.4, -0.2) is 49.2 Å². The van der Waals surface area contributed by atoms with E-state index in [9.17, 15) is 4.79 Å². The van der Waals surface area contributed by atoms with E-state index in [4.69, 9.17) is 5.11 Å². The van der Waals surface area contributed by atoms with Crippen molar-refractivity contribution in [2.24, 2.45) is 0 Å². The van der Waals surface area contributed by atoms with Crippen LogP contribution >= 0.6 is 0 Å². The summed E-state index contributed by atoms with van der Waals surface area (Å²) in [6.07, 6.45) is 0.682. The van der Waals surface area contributed by atoms with Crippen LogP contribution in [0.4, 0.5) is 11.4 Å². The molecule has 0 saturated carbocycles. The van der Waals surface area contributed by atoms with E-state index in [0.717, 1.165) is 16.9 Å². The summed E-state index contributed by atoms with van der Waals surface area (Å²) < 4.78 is 0. The van der Waals surface area contributed by atoms with Gasteiger partial charge in [0.15, 0.2) is 0 Å². The van der Waals surface area contributed by atoms with Crippen molar-refractivity contribution in [3.05, 3.63) is 23.8 Å². The fourth-order valence-electron chi connectivity index (χ4n) is 2.21. The standard InChI is InChI=1S/C13H19N3O2/c1-14-10-4-3-9-7-12(16(2)5-6-17)13(18)15-11(9)8-10/h3-4,8,12,14,17H,5-7H2,1-2H3,(H,15,18). The number of hydrogen-bond donors (Lipinski definition) is 3. The summed E-state index contributed by atoms with van der Waals surface area (Å²) in [6.45, 7) is 0.563. The Morgan fingerprint density at radius 3 is 3.00 bits per heavy atom. The van der Waals surface area contributed by atoms with Crippen LogP contribution in [0.2, 0.25) is 0 Å². The molecule has 18 heavy (non-hydrogen) atoms. The second-order valence-corrected chi connectivity index (χ2v) is 4.54. The van der Waals surface area contributed by atoms with Gasteiger partial charge in [-0.3, -0.25) is 9.69 Å². The lowest BCUT2D eigenvalue weighted by atomic mass is 9.97. The summed E-state index contributed by atoms with van der Waals surface area (Å²) in [5, 5.41) is 14.9. The molecule has 0 saturated heterocycles. The second kappa shape index (κ2) is 5.37. The zero-order valence-electron chi connectivity index (χ0n) is 10.7. The molecule has 1 heterocycles. The predicted molar refractivity (Wildman–Crippen MR) is 71.8 cm³/mol. The fourth-order valence-corrected chi connectivity index (χ4v) is 2.21. The molecule has 0 aliphatic carbocycles. The molecular weight excluding hydrogens is 230 g/mol. The van der Waals surface area contributed by atoms with Gasteiger partial charge in [0.05, 0.1) is 12.6 Å². The minimum absolute atomic E-state index is 0.00768. The molecule has 1 aromatic carbocycles. The number of fused-ring (bicyclic) bond motifs is 1. The van der Waals surface area contributed by atoms with E-state index >= 15 is 0 Å². The Balaban J connectivity index is 2.20. The Morgan fingerprint density at radius 1 is 1.56 bits per heavy atom. The number of nitrogens with one attached hydrogen (secondary N) is 2. The highest BCUT2D eigenvalue weighted by molar-refractivity contribution is 5.98. The quantitative estimate of drug-likeness (QED) is 0.728. The van der Waals surface area contributed by atoms with Gasteiger partial charge in [0.2, 0.25) is 5.91 Å². The van der Waals surface area contributed by atoms with E-state index in [2.05, 4.69) is 10.6 Å². The van der Waals surface area contributed by atoms with E-state index in [1.54, 1.807) is 0 Å². The van der Waals surface area contributed by atoms with Crippen LogP contribution in [0.15, 0.2) is 18.2 Å². The highest BCUT2D eigenvalue weighted by Gasteiger charge is 2.29. The molecule has 0 aromatic heterocycles. The molecule has 1 amide bonds. The minimum atomic E-state index is -0.204. The van der Waals surface area contributed by atoms with Crippen LogP contribution in [0, 0.1) is 0 Å². The summed E-state index contributed by atoms with van der Waals surface area (Å²) in [4.78, 5) is 13.9. The van der Waals surface area contributed by atoms with Gasteiger partial charge in [-0.2, -0.15) is 0 Å². The average molecular weight is 249 g/mol. The van der Waals surface area contributed by atoms with Crippen LogP contribution in [-0.2, 0) is 11.2 Å². The van der Waals surface area contributed by atoms with Gasteiger partial charge in [-0.25, -0.2) is 0 Å². The summed E-state index contributed by atoms with van der Waals surface area (Å²) in [6, 6.07) is 5.76. The highest BCUT2D eigenvalue weighted by Crippen LogP contribution is 2.27. The molecule has 0 spiro atoms. The number of nitrogens with zero attached hydrogens (tertiary/aromatic N) is 1. The van der Waals surface area contributed by atoms with Gasteiger partial charge in [-0.1, -0.05) is 6.07 Å². The molecule has 98 valence electrons. The number of likely N-dealkylation sites (N-methyl/N-ethyl adjacent to an activating group) is 1. The SMILES string of the molecule is CNc1ccc2c(c1)NC(=O)C(N(C)CCO)C2. The number of amides is 1. The minimum Gasteiger partial charge on any atom is -0.395 e. The molecule has 1 aromatic rings. The van der Waals surface area contributed by atoms with Gasteiger partial charge in [-0.15, -0.1) is 0 Å². The van der Waals surface area contributed by atoms with E-state index < -0.39 is 0 Å². The molecule has 1 unspecified atom stereocenters. The van der Waals surface area contributed by atoms with Crippen molar-refractivity contribution in [2.45, 2.75) is 12.5 Å². The molecule has 0 radical (unpaired) electrons. The number of carbonyl (C=O) groups is 1. The van der Waals surface area contributed by atoms with Crippen LogP contribution < -0.4 is 10.6 Å². The first-order valence-electron chi connectivity index (χ1n) is 6.08. The first-order valence-corrected chi connectivity index (χ1v) is 6.08. The smallest absolute Gasteiger partial charge is 0.242 e. The maximum atomic E-state index is 12.0. The number of benzene rings is 1. The lowest BCUT2D eigenvalue weighted by Gasteiger charge is -2.31. The zero-order valence-corrected chi connectivity index (χ0v) is 10.7. The van der Waals surface area contributed by atoms with Crippen molar-refractivity contribution in [3.8, 4) is 0 Å².